The van der Waals surface area contributed by atoms with Crippen LogP contribution in [0.2, 0.25) is 0 Å². The second kappa shape index (κ2) is 5.45. The molecule has 1 aromatic heterocycles. The minimum atomic E-state index is 0.462. The number of hydrogen-bond donors (Lipinski definition) is 1. The van der Waals surface area contributed by atoms with E-state index in [0.717, 1.165) is 18.2 Å². The van der Waals surface area contributed by atoms with Crippen LogP contribution in [0.4, 0.5) is 0 Å². The molecule has 88 valence electrons. The van der Waals surface area contributed by atoms with E-state index in [9.17, 15) is 0 Å². The summed E-state index contributed by atoms with van der Waals surface area (Å²) in [5.74, 6) is 0. The maximum absolute atomic E-state index is 4.06. The number of tetrazole rings is 1. The van der Waals surface area contributed by atoms with Crippen LogP contribution in [0.3, 0.4) is 0 Å². The van der Waals surface area contributed by atoms with Gasteiger partial charge < -0.3 is 5.32 Å². The standard InChI is InChI=1S/C10H17N5S/c1-3-6-11-7-8(2)16-10-12-13-14-15(10)9-4-5-9/h3,8-9,11H,1,4-7H2,2H3. The Labute approximate surface area is 99.7 Å². The monoisotopic (exact) mass is 239 g/mol. The summed E-state index contributed by atoms with van der Waals surface area (Å²) in [6.07, 6.45) is 4.29. The van der Waals surface area contributed by atoms with E-state index in [0.29, 0.717) is 11.3 Å². The van der Waals surface area contributed by atoms with Crippen LogP contribution in [-0.4, -0.2) is 38.5 Å². The fraction of sp³-hybridized carbons (Fsp3) is 0.700. The molecular weight excluding hydrogens is 222 g/mol. The highest BCUT2D eigenvalue weighted by Crippen LogP contribution is 2.36. The molecule has 1 heterocycles. The van der Waals surface area contributed by atoms with E-state index in [-0.39, 0.29) is 0 Å². The van der Waals surface area contributed by atoms with Gasteiger partial charge in [0.05, 0.1) is 6.04 Å². The molecule has 1 atom stereocenters. The first-order chi connectivity index (χ1) is 7.81. The summed E-state index contributed by atoms with van der Waals surface area (Å²) in [4.78, 5) is 0. The van der Waals surface area contributed by atoms with Gasteiger partial charge in [0.25, 0.3) is 0 Å². The lowest BCUT2D eigenvalue weighted by molar-refractivity contribution is 0.564. The molecule has 5 nitrogen and oxygen atoms in total. The Morgan fingerprint density at radius 1 is 1.69 bits per heavy atom. The third kappa shape index (κ3) is 3.05. The number of thioether (sulfide) groups is 1. The first-order valence-electron chi connectivity index (χ1n) is 5.57. The van der Waals surface area contributed by atoms with Crippen molar-refractivity contribution in [3.8, 4) is 0 Å². The van der Waals surface area contributed by atoms with Crippen LogP contribution in [0.25, 0.3) is 0 Å². The van der Waals surface area contributed by atoms with E-state index in [1.54, 1.807) is 11.8 Å². The molecule has 0 aromatic carbocycles. The second-order valence-electron chi connectivity index (χ2n) is 4.01. The van der Waals surface area contributed by atoms with Crippen molar-refractivity contribution in [2.45, 2.75) is 36.2 Å². The number of nitrogens with one attached hydrogen (secondary N) is 1. The Kier molecular flexibility index (Phi) is 3.95. The van der Waals surface area contributed by atoms with E-state index in [1.807, 2.05) is 10.8 Å². The Hall–Kier alpha value is -0.880. The van der Waals surface area contributed by atoms with Crippen molar-refractivity contribution in [3.63, 3.8) is 0 Å². The largest absolute Gasteiger partial charge is 0.312 e. The van der Waals surface area contributed by atoms with Crippen molar-refractivity contribution in [1.82, 2.24) is 25.5 Å². The SMILES string of the molecule is C=CCNCC(C)Sc1nnnn1C1CC1. The maximum Gasteiger partial charge on any atom is 0.209 e. The molecule has 0 bridgehead atoms. The van der Waals surface area contributed by atoms with Crippen molar-refractivity contribution >= 4 is 11.8 Å². The van der Waals surface area contributed by atoms with Gasteiger partial charge in [-0.3, -0.25) is 0 Å². The lowest BCUT2D eigenvalue weighted by atomic mass is 10.4. The lowest BCUT2D eigenvalue weighted by Gasteiger charge is -2.10. The average Bonchev–Trinajstić information content (AvgIpc) is 3.01. The van der Waals surface area contributed by atoms with Crippen LogP contribution in [0.1, 0.15) is 25.8 Å². The van der Waals surface area contributed by atoms with Crippen LogP contribution in [0.5, 0.6) is 0 Å². The van der Waals surface area contributed by atoms with Gasteiger partial charge in [-0.05, 0) is 23.3 Å². The van der Waals surface area contributed by atoms with Gasteiger partial charge in [-0.15, -0.1) is 11.7 Å². The Morgan fingerprint density at radius 2 is 2.50 bits per heavy atom. The highest BCUT2D eigenvalue weighted by Gasteiger charge is 2.28. The predicted octanol–water partition coefficient (Wildman–Crippen LogP) is 1.26. The average molecular weight is 239 g/mol. The van der Waals surface area contributed by atoms with Crippen molar-refractivity contribution in [2.75, 3.05) is 13.1 Å². The van der Waals surface area contributed by atoms with Crippen LogP contribution < -0.4 is 5.32 Å². The first kappa shape index (κ1) is 11.6. The molecule has 0 amide bonds. The predicted molar refractivity (Wildman–Crippen MR) is 64.5 cm³/mol. The zero-order valence-electron chi connectivity index (χ0n) is 9.46. The molecule has 1 unspecified atom stereocenters. The van der Waals surface area contributed by atoms with Gasteiger partial charge in [-0.1, -0.05) is 24.8 Å². The zero-order valence-corrected chi connectivity index (χ0v) is 10.3. The molecular formula is C10H17N5S. The highest BCUT2D eigenvalue weighted by molar-refractivity contribution is 7.99. The molecule has 16 heavy (non-hydrogen) atoms. The summed E-state index contributed by atoms with van der Waals surface area (Å²) in [6, 6.07) is 0.547. The summed E-state index contributed by atoms with van der Waals surface area (Å²) in [5.41, 5.74) is 0. The minimum absolute atomic E-state index is 0.462. The molecule has 2 rings (SSSR count). The molecule has 0 aliphatic heterocycles. The molecule has 1 fully saturated rings. The van der Waals surface area contributed by atoms with Crippen LogP contribution in [0, 0.1) is 0 Å². The molecule has 1 aromatic rings. The minimum Gasteiger partial charge on any atom is -0.312 e. The van der Waals surface area contributed by atoms with E-state index < -0.39 is 0 Å². The topological polar surface area (TPSA) is 55.6 Å². The van der Waals surface area contributed by atoms with Gasteiger partial charge in [-0.2, -0.15) is 0 Å². The number of nitrogens with zero attached hydrogens (tertiary/aromatic N) is 4. The number of hydrogen-bond acceptors (Lipinski definition) is 5. The Morgan fingerprint density at radius 3 is 3.19 bits per heavy atom. The Balaban J connectivity index is 1.82. The highest BCUT2D eigenvalue weighted by atomic mass is 32.2. The molecule has 0 spiro atoms. The van der Waals surface area contributed by atoms with Crippen LogP contribution in [-0.2, 0) is 0 Å². The van der Waals surface area contributed by atoms with Crippen molar-refractivity contribution in [3.05, 3.63) is 12.7 Å². The number of aromatic nitrogens is 4. The van der Waals surface area contributed by atoms with Gasteiger partial charge in [0.2, 0.25) is 5.16 Å². The summed E-state index contributed by atoms with van der Waals surface area (Å²) >= 11 is 1.73. The fourth-order valence-electron chi connectivity index (χ4n) is 1.42. The van der Waals surface area contributed by atoms with Gasteiger partial charge in [0.15, 0.2) is 0 Å². The summed E-state index contributed by atoms with van der Waals surface area (Å²) in [6.45, 7) is 7.63. The van der Waals surface area contributed by atoms with Gasteiger partial charge >= 0.3 is 0 Å². The van der Waals surface area contributed by atoms with Crippen molar-refractivity contribution in [1.29, 1.82) is 0 Å². The van der Waals surface area contributed by atoms with Crippen LogP contribution >= 0.6 is 11.8 Å². The molecule has 1 aliphatic rings. The van der Waals surface area contributed by atoms with E-state index >= 15 is 0 Å². The van der Waals surface area contributed by atoms with Gasteiger partial charge in [0, 0.05) is 18.3 Å². The van der Waals surface area contributed by atoms with Gasteiger partial charge in [-0.25, -0.2) is 4.68 Å². The van der Waals surface area contributed by atoms with Crippen molar-refractivity contribution in [2.24, 2.45) is 0 Å². The number of rotatable bonds is 7. The third-order valence-electron chi connectivity index (χ3n) is 2.38. The second-order valence-corrected chi connectivity index (χ2v) is 5.42. The maximum atomic E-state index is 4.06. The first-order valence-corrected chi connectivity index (χ1v) is 6.45. The summed E-state index contributed by atoms with van der Waals surface area (Å²) in [5, 5.41) is 16.5. The van der Waals surface area contributed by atoms with Crippen LogP contribution in [0.15, 0.2) is 17.8 Å². The third-order valence-corrected chi connectivity index (χ3v) is 3.43. The fourth-order valence-corrected chi connectivity index (χ4v) is 2.36. The van der Waals surface area contributed by atoms with Gasteiger partial charge in [0.1, 0.15) is 0 Å². The molecule has 6 heteroatoms. The normalized spacial score (nSPS) is 17.3. The Bertz CT molecular complexity index is 347. The molecule has 1 aliphatic carbocycles. The summed E-state index contributed by atoms with van der Waals surface area (Å²) < 4.78 is 1.95. The molecule has 1 saturated carbocycles. The summed E-state index contributed by atoms with van der Waals surface area (Å²) in [7, 11) is 0. The van der Waals surface area contributed by atoms with E-state index in [2.05, 4.69) is 34.3 Å². The molecule has 0 saturated heterocycles. The van der Waals surface area contributed by atoms with E-state index in [4.69, 9.17) is 0 Å². The lowest BCUT2D eigenvalue weighted by Crippen LogP contribution is -2.23. The smallest absolute Gasteiger partial charge is 0.209 e. The van der Waals surface area contributed by atoms with E-state index in [1.165, 1.54) is 12.8 Å². The molecule has 0 radical (unpaired) electrons. The quantitative estimate of drug-likeness (QED) is 0.441. The zero-order chi connectivity index (χ0) is 11.4. The van der Waals surface area contributed by atoms with Crippen molar-refractivity contribution < 1.29 is 0 Å². The molecule has 1 N–H and O–H groups in total.